The molecule has 1 saturated carbocycles. The van der Waals surface area contributed by atoms with Crippen LogP contribution >= 0.6 is 11.3 Å². The lowest BCUT2D eigenvalue weighted by molar-refractivity contribution is 0.0606. The summed E-state index contributed by atoms with van der Waals surface area (Å²) in [6.07, 6.45) is 1.33. The minimum Gasteiger partial charge on any atom is -0.493 e. The summed E-state index contributed by atoms with van der Waals surface area (Å²) >= 11 is 1.51. The van der Waals surface area contributed by atoms with Crippen LogP contribution in [0.5, 0.6) is 11.5 Å². The van der Waals surface area contributed by atoms with E-state index in [2.05, 4.69) is 6.07 Å². The van der Waals surface area contributed by atoms with Gasteiger partial charge in [0.05, 0.1) is 31.7 Å². The lowest BCUT2D eigenvalue weighted by atomic mass is 10.1. The number of amides is 1. The number of carbonyl (C=O) groups is 1. The highest BCUT2D eigenvalue weighted by Gasteiger charge is 2.32. The summed E-state index contributed by atoms with van der Waals surface area (Å²) in [5, 5.41) is 11.9. The van der Waals surface area contributed by atoms with Crippen molar-refractivity contribution in [3.8, 4) is 21.9 Å². The van der Waals surface area contributed by atoms with Crippen molar-refractivity contribution in [3.05, 3.63) is 59.3 Å². The number of nitrogens with zero attached hydrogens (tertiary/aromatic N) is 3. The summed E-state index contributed by atoms with van der Waals surface area (Å²) < 4.78 is 10.7. The molecular weight excluding hydrogens is 462 g/mol. The van der Waals surface area contributed by atoms with Gasteiger partial charge in [-0.15, -0.1) is 0 Å². The molecule has 1 atom stereocenters. The van der Waals surface area contributed by atoms with Gasteiger partial charge in [-0.25, -0.2) is 4.98 Å². The largest absolute Gasteiger partial charge is 0.493 e. The lowest BCUT2D eigenvalue weighted by Crippen LogP contribution is -2.37. The van der Waals surface area contributed by atoms with Gasteiger partial charge in [0.2, 0.25) is 0 Å². The Hall–Kier alpha value is -3.10. The van der Waals surface area contributed by atoms with Crippen molar-refractivity contribution >= 4 is 22.4 Å². The van der Waals surface area contributed by atoms with Crippen molar-refractivity contribution in [3.63, 3.8) is 0 Å². The number of thiazole rings is 1. The van der Waals surface area contributed by atoms with Gasteiger partial charge >= 0.3 is 0 Å². The number of ether oxygens (including phenoxy) is 2. The van der Waals surface area contributed by atoms with Crippen LogP contribution in [0.15, 0.2) is 42.5 Å². The smallest absolute Gasteiger partial charge is 0.274 e. The maximum absolute atomic E-state index is 13.9. The van der Waals surface area contributed by atoms with E-state index in [9.17, 15) is 9.90 Å². The van der Waals surface area contributed by atoms with Crippen LogP contribution in [0.1, 0.15) is 40.6 Å². The molecule has 0 saturated heterocycles. The van der Waals surface area contributed by atoms with E-state index in [0.717, 1.165) is 34.0 Å². The molecular formula is C27H33N3O4S. The predicted molar refractivity (Wildman–Crippen MR) is 140 cm³/mol. The number of aryl methyl sites for hydroxylation is 1. The number of rotatable bonds is 10. The van der Waals surface area contributed by atoms with Crippen LogP contribution in [0.25, 0.3) is 10.4 Å². The zero-order valence-corrected chi connectivity index (χ0v) is 21.8. The Morgan fingerprint density at radius 3 is 2.51 bits per heavy atom. The Morgan fingerprint density at radius 1 is 1.14 bits per heavy atom. The SMILES string of the molecule is COc1ccc(C(O)CN(CC2CC2)C(=O)c2nc(N(C)C)sc2-c2cccc(C)c2)cc1OC. The lowest BCUT2D eigenvalue weighted by Gasteiger charge is -2.26. The normalized spacial score (nSPS) is 13.9. The number of carbonyl (C=O) groups excluding carboxylic acids is 1. The van der Waals surface area contributed by atoms with Gasteiger partial charge in [0, 0.05) is 20.6 Å². The quantitative estimate of drug-likeness (QED) is 0.436. The summed E-state index contributed by atoms with van der Waals surface area (Å²) in [7, 11) is 6.99. The number of benzene rings is 2. The number of hydrogen-bond acceptors (Lipinski definition) is 7. The number of aliphatic hydroxyl groups excluding tert-OH is 1. The first-order valence-corrected chi connectivity index (χ1v) is 12.6. The molecule has 0 spiro atoms. The second kappa shape index (κ2) is 10.7. The van der Waals surface area contributed by atoms with Crippen LogP contribution in [0.4, 0.5) is 5.13 Å². The molecule has 2 aromatic carbocycles. The summed E-state index contributed by atoms with van der Waals surface area (Å²) in [5.41, 5.74) is 3.21. The van der Waals surface area contributed by atoms with Crippen LogP contribution in [0.3, 0.4) is 0 Å². The van der Waals surface area contributed by atoms with Gasteiger partial charge in [0.25, 0.3) is 5.91 Å². The number of aromatic nitrogens is 1. The zero-order chi connectivity index (χ0) is 25.1. The standard InChI is InChI=1S/C27H33N3O4S/c1-17-7-6-8-20(13-17)25-24(28-27(35-25)29(2)3)26(32)30(15-18-9-10-18)16-21(31)19-11-12-22(33-4)23(14-19)34-5/h6-8,11-14,18,21,31H,9-10,15-16H2,1-5H3. The van der Waals surface area contributed by atoms with E-state index in [1.54, 1.807) is 37.3 Å². The fourth-order valence-corrected chi connectivity index (χ4v) is 4.98. The molecule has 1 unspecified atom stereocenters. The number of aliphatic hydroxyl groups is 1. The minimum atomic E-state index is -0.869. The molecule has 1 aliphatic rings. The zero-order valence-electron chi connectivity index (χ0n) is 20.9. The van der Waals surface area contributed by atoms with Gasteiger partial charge < -0.3 is 24.4 Å². The molecule has 1 aromatic heterocycles. The van der Waals surface area contributed by atoms with Gasteiger partial charge in [0.15, 0.2) is 16.6 Å². The summed E-state index contributed by atoms with van der Waals surface area (Å²) in [6, 6.07) is 13.5. The first kappa shape index (κ1) is 25.0. The maximum Gasteiger partial charge on any atom is 0.274 e. The Bertz CT molecular complexity index is 1190. The maximum atomic E-state index is 13.9. The first-order chi connectivity index (χ1) is 16.8. The minimum absolute atomic E-state index is 0.155. The van der Waals surface area contributed by atoms with Crippen LogP contribution in [0, 0.1) is 12.8 Å². The number of methoxy groups -OCH3 is 2. The fraction of sp³-hybridized carbons (Fsp3) is 0.407. The molecule has 3 aromatic rings. The van der Waals surface area contributed by atoms with Crippen molar-refractivity contribution in [2.24, 2.45) is 5.92 Å². The Morgan fingerprint density at radius 2 is 1.89 bits per heavy atom. The molecule has 8 heteroatoms. The van der Waals surface area contributed by atoms with Gasteiger partial charge in [0.1, 0.15) is 5.69 Å². The average molecular weight is 496 g/mol. The molecule has 35 heavy (non-hydrogen) atoms. The highest BCUT2D eigenvalue weighted by molar-refractivity contribution is 7.19. The third kappa shape index (κ3) is 5.77. The molecule has 1 N–H and O–H groups in total. The van der Waals surface area contributed by atoms with Crippen molar-refractivity contribution in [1.82, 2.24) is 9.88 Å². The molecule has 4 rings (SSSR count). The van der Waals surface area contributed by atoms with E-state index in [1.165, 1.54) is 11.3 Å². The molecule has 1 heterocycles. The number of anilines is 1. The van der Waals surface area contributed by atoms with E-state index >= 15 is 0 Å². The van der Waals surface area contributed by atoms with Gasteiger partial charge in [-0.2, -0.15) is 0 Å². The predicted octanol–water partition coefficient (Wildman–Crippen LogP) is 4.79. The first-order valence-electron chi connectivity index (χ1n) is 11.7. The fourth-order valence-electron chi connectivity index (χ4n) is 4.00. The molecule has 7 nitrogen and oxygen atoms in total. The number of hydrogen-bond donors (Lipinski definition) is 1. The van der Waals surface area contributed by atoms with E-state index in [4.69, 9.17) is 14.5 Å². The summed E-state index contributed by atoms with van der Waals surface area (Å²) in [4.78, 5) is 23.2. The van der Waals surface area contributed by atoms with Gasteiger partial charge in [-0.3, -0.25) is 4.79 Å². The monoisotopic (exact) mass is 495 g/mol. The molecule has 0 radical (unpaired) electrons. The van der Waals surface area contributed by atoms with E-state index in [0.29, 0.717) is 35.2 Å². The Labute approximate surface area is 210 Å². The molecule has 1 aliphatic carbocycles. The molecule has 0 bridgehead atoms. The summed E-state index contributed by atoms with van der Waals surface area (Å²) in [6.45, 7) is 2.82. The van der Waals surface area contributed by atoms with Gasteiger partial charge in [-0.1, -0.05) is 47.2 Å². The third-order valence-electron chi connectivity index (χ3n) is 6.13. The second-order valence-electron chi connectivity index (χ2n) is 9.22. The second-order valence-corrected chi connectivity index (χ2v) is 10.2. The highest BCUT2D eigenvalue weighted by atomic mass is 32.1. The summed E-state index contributed by atoms with van der Waals surface area (Å²) in [5.74, 6) is 1.44. The van der Waals surface area contributed by atoms with Gasteiger partial charge in [-0.05, 0) is 48.9 Å². The van der Waals surface area contributed by atoms with E-state index in [1.807, 2.05) is 44.1 Å². The molecule has 1 fully saturated rings. The molecule has 1 amide bonds. The third-order valence-corrected chi connectivity index (χ3v) is 7.40. The van der Waals surface area contributed by atoms with Crippen molar-refractivity contribution < 1.29 is 19.4 Å². The molecule has 0 aliphatic heterocycles. The highest BCUT2D eigenvalue weighted by Crippen LogP contribution is 2.37. The van der Waals surface area contributed by atoms with Crippen molar-refractivity contribution in [1.29, 1.82) is 0 Å². The van der Waals surface area contributed by atoms with Crippen LogP contribution < -0.4 is 14.4 Å². The molecule has 186 valence electrons. The van der Waals surface area contributed by atoms with Crippen molar-refractivity contribution in [2.45, 2.75) is 25.9 Å². The van der Waals surface area contributed by atoms with E-state index < -0.39 is 6.10 Å². The van der Waals surface area contributed by atoms with Crippen molar-refractivity contribution in [2.75, 3.05) is 46.3 Å². The van der Waals surface area contributed by atoms with Crippen LogP contribution in [0.2, 0.25) is 0 Å². The Balaban J connectivity index is 1.66. The topological polar surface area (TPSA) is 75.1 Å². The van der Waals surface area contributed by atoms with E-state index in [-0.39, 0.29) is 12.5 Å². The van der Waals surface area contributed by atoms with Crippen LogP contribution in [-0.4, -0.2) is 62.3 Å². The van der Waals surface area contributed by atoms with Crippen LogP contribution in [-0.2, 0) is 0 Å². The average Bonchev–Trinajstić information content (AvgIpc) is 3.56. The Kier molecular flexibility index (Phi) is 7.62.